The standard InChI is InChI=1S/C29H32Cl2N2O2S/c1-3-16-32-29(35)27(19-22-7-5-4-6-8-22)33(20-23-11-14-25(30)26(31)18-23)28(34)15-17-36-24-12-9-21(2)10-13-24/h4-14,18,27H,3,15-17,19-20H2,1-2H3,(H,32,35)/t27-/m0/s1. The fourth-order valence-electron chi connectivity index (χ4n) is 3.79. The third-order valence-corrected chi connectivity index (χ3v) is 7.52. The first kappa shape index (κ1) is 28.1. The van der Waals surface area contributed by atoms with Crippen LogP contribution in [0.15, 0.2) is 77.7 Å². The van der Waals surface area contributed by atoms with E-state index in [4.69, 9.17) is 23.2 Å². The summed E-state index contributed by atoms with van der Waals surface area (Å²) in [5.74, 6) is 0.391. The van der Waals surface area contributed by atoms with Gasteiger partial charge in [0, 0.05) is 36.6 Å². The first-order chi connectivity index (χ1) is 17.4. The van der Waals surface area contributed by atoms with E-state index in [-0.39, 0.29) is 18.4 Å². The van der Waals surface area contributed by atoms with E-state index in [0.717, 1.165) is 22.4 Å². The summed E-state index contributed by atoms with van der Waals surface area (Å²) in [5, 5.41) is 3.87. The smallest absolute Gasteiger partial charge is 0.243 e. The first-order valence-electron chi connectivity index (χ1n) is 12.1. The van der Waals surface area contributed by atoms with Crippen molar-refractivity contribution in [3.05, 3.63) is 99.5 Å². The van der Waals surface area contributed by atoms with Gasteiger partial charge in [0.25, 0.3) is 0 Å². The van der Waals surface area contributed by atoms with E-state index in [1.54, 1.807) is 28.8 Å². The van der Waals surface area contributed by atoms with Gasteiger partial charge in [0.2, 0.25) is 11.8 Å². The second kappa shape index (κ2) is 14.3. The van der Waals surface area contributed by atoms with E-state index in [0.29, 0.717) is 35.2 Å². The van der Waals surface area contributed by atoms with Crippen LogP contribution in [0.1, 0.15) is 36.5 Å². The number of hydrogen-bond acceptors (Lipinski definition) is 3. The molecule has 0 radical (unpaired) electrons. The monoisotopic (exact) mass is 542 g/mol. The molecule has 0 fully saturated rings. The predicted molar refractivity (Wildman–Crippen MR) is 151 cm³/mol. The molecule has 0 heterocycles. The molecular weight excluding hydrogens is 511 g/mol. The first-order valence-corrected chi connectivity index (χ1v) is 13.9. The van der Waals surface area contributed by atoms with Gasteiger partial charge in [-0.1, -0.05) is 84.2 Å². The van der Waals surface area contributed by atoms with Gasteiger partial charge in [0.1, 0.15) is 6.04 Å². The van der Waals surface area contributed by atoms with E-state index >= 15 is 0 Å². The van der Waals surface area contributed by atoms with Crippen LogP contribution in [0.25, 0.3) is 0 Å². The molecule has 0 spiro atoms. The lowest BCUT2D eigenvalue weighted by atomic mass is 10.0. The molecule has 190 valence electrons. The molecule has 0 aliphatic rings. The quantitative estimate of drug-likeness (QED) is 0.252. The zero-order chi connectivity index (χ0) is 25.9. The molecule has 7 heteroatoms. The number of nitrogens with one attached hydrogen (secondary N) is 1. The molecular formula is C29H32Cl2N2O2S. The Morgan fingerprint density at radius 2 is 1.67 bits per heavy atom. The molecule has 0 aromatic heterocycles. The molecule has 0 saturated heterocycles. The molecule has 3 aromatic rings. The average molecular weight is 544 g/mol. The van der Waals surface area contributed by atoms with Crippen molar-refractivity contribution in [2.75, 3.05) is 12.3 Å². The number of benzene rings is 3. The maximum absolute atomic E-state index is 13.6. The fourth-order valence-corrected chi connectivity index (χ4v) is 4.95. The zero-order valence-corrected chi connectivity index (χ0v) is 23.0. The number of carbonyl (C=O) groups excluding carboxylic acids is 2. The molecule has 0 aliphatic heterocycles. The van der Waals surface area contributed by atoms with Crippen molar-refractivity contribution < 1.29 is 9.59 Å². The van der Waals surface area contributed by atoms with Gasteiger partial charge in [-0.25, -0.2) is 0 Å². The summed E-state index contributed by atoms with van der Waals surface area (Å²) in [7, 11) is 0. The summed E-state index contributed by atoms with van der Waals surface area (Å²) in [6, 6.07) is 22.7. The van der Waals surface area contributed by atoms with Gasteiger partial charge in [0.05, 0.1) is 10.0 Å². The number of rotatable bonds is 12. The van der Waals surface area contributed by atoms with Crippen LogP contribution < -0.4 is 5.32 Å². The number of nitrogens with zero attached hydrogens (tertiary/aromatic N) is 1. The molecule has 1 atom stereocenters. The molecule has 4 nitrogen and oxygen atoms in total. The van der Waals surface area contributed by atoms with Crippen LogP contribution >= 0.6 is 35.0 Å². The van der Waals surface area contributed by atoms with Crippen molar-refractivity contribution in [1.82, 2.24) is 10.2 Å². The zero-order valence-electron chi connectivity index (χ0n) is 20.7. The maximum atomic E-state index is 13.6. The Bertz CT molecular complexity index is 1140. The highest BCUT2D eigenvalue weighted by Gasteiger charge is 2.30. The van der Waals surface area contributed by atoms with E-state index in [9.17, 15) is 9.59 Å². The molecule has 0 bridgehead atoms. The summed E-state index contributed by atoms with van der Waals surface area (Å²) < 4.78 is 0. The predicted octanol–water partition coefficient (Wildman–Crippen LogP) is 6.95. The number of aryl methyl sites for hydroxylation is 1. The van der Waals surface area contributed by atoms with Crippen molar-refractivity contribution in [1.29, 1.82) is 0 Å². The van der Waals surface area contributed by atoms with Crippen LogP contribution in [0, 0.1) is 6.92 Å². The highest BCUT2D eigenvalue weighted by Crippen LogP contribution is 2.25. The Morgan fingerprint density at radius 3 is 2.33 bits per heavy atom. The van der Waals surface area contributed by atoms with E-state index in [2.05, 4.69) is 36.5 Å². The number of halogens is 2. The fraction of sp³-hybridized carbons (Fsp3) is 0.310. The summed E-state index contributed by atoms with van der Waals surface area (Å²) in [6.45, 7) is 4.88. The van der Waals surface area contributed by atoms with Crippen LogP contribution in [0.2, 0.25) is 10.0 Å². The van der Waals surface area contributed by atoms with Gasteiger partial charge in [-0.2, -0.15) is 0 Å². The lowest BCUT2D eigenvalue weighted by Crippen LogP contribution is -2.50. The minimum Gasteiger partial charge on any atom is -0.354 e. The number of amides is 2. The lowest BCUT2D eigenvalue weighted by molar-refractivity contribution is -0.141. The Balaban J connectivity index is 1.84. The SMILES string of the molecule is CCCNC(=O)[C@H](Cc1ccccc1)N(Cc1ccc(Cl)c(Cl)c1)C(=O)CCSc1ccc(C)cc1. The molecule has 0 aliphatic carbocycles. The molecule has 0 saturated carbocycles. The molecule has 36 heavy (non-hydrogen) atoms. The van der Waals surface area contributed by atoms with Gasteiger partial charge in [0.15, 0.2) is 0 Å². The number of hydrogen-bond donors (Lipinski definition) is 1. The molecule has 3 rings (SSSR count). The van der Waals surface area contributed by atoms with Crippen molar-refractivity contribution in [2.24, 2.45) is 0 Å². The van der Waals surface area contributed by atoms with Crippen molar-refractivity contribution in [3.63, 3.8) is 0 Å². The van der Waals surface area contributed by atoms with E-state index in [1.165, 1.54) is 5.56 Å². The molecule has 1 N–H and O–H groups in total. The van der Waals surface area contributed by atoms with Gasteiger partial charge >= 0.3 is 0 Å². The third kappa shape index (κ3) is 8.58. The second-order valence-electron chi connectivity index (χ2n) is 8.68. The second-order valence-corrected chi connectivity index (χ2v) is 10.7. The highest BCUT2D eigenvalue weighted by molar-refractivity contribution is 7.99. The largest absolute Gasteiger partial charge is 0.354 e. The van der Waals surface area contributed by atoms with Crippen molar-refractivity contribution in [3.8, 4) is 0 Å². The van der Waals surface area contributed by atoms with Gasteiger partial charge in [-0.15, -0.1) is 11.8 Å². The van der Waals surface area contributed by atoms with Crippen LogP contribution in [0.5, 0.6) is 0 Å². The van der Waals surface area contributed by atoms with Crippen molar-refractivity contribution >= 4 is 46.8 Å². The maximum Gasteiger partial charge on any atom is 0.243 e. The van der Waals surface area contributed by atoms with Crippen LogP contribution in [0.3, 0.4) is 0 Å². The van der Waals surface area contributed by atoms with Crippen molar-refractivity contribution in [2.45, 2.75) is 50.6 Å². The summed E-state index contributed by atoms with van der Waals surface area (Å²) in [6.07, 6.45) is 1.55. The topological polar surface area (TPSA) is 49.4 Å². The Labute approximate surface area is 228 Å². The normalized spacial score (nSPS) is 11.7. The molecule has 0 unspecified atom stereocenters. The van der Waals surface area contributed by atoms with Gasteiger partial charge in [-0.3, -0.25) is 9.59 Å². The molecule has 2 amide bonds. The summed E-state index contributed by atoms with van der Waals surface area (Å²) in [4.78, 5) is 29.8. The Kier molecular flexibility index (Phi) is 11.2. The highest BCUT2D eigenvalue weighted by atomic mass is 35.5. The minimum atomic E-state index is -0.648. The Hall–Kier alpha value is -2.47. The Morgan fingerprint density at radius 1 is 0.944 bits per heavy atom. The lowest BCUT2D eigenvalue weighted by Gasteiger charge is -2.31. The molecule has 3 aromatic carbocycles. The van der Waals surface area contributed by atoms with Crippen LogP contribution in [-0.4, -0.2) is 35.1 Å². The van der Waals surface area contributed by atoms with E-state index < -0.39 is 6.04 Å². The summed E-state index contributed by atoms with van der Waals surface area (Å²) in [5.41, 5.74) is 3.02. The summed E-state index contributed by atoms with van der Waals surface area (Å²) >= 11 is 14.0. The average Bonchev–Trinajstić information content (AvgIpc) is 2.88. The van der Waals surface area contributed by atoms with Crippen LogP contribution in [0.4, 0.5) is 0 Å². The third-order valence-electron chi connectivity index (χ3n) is 5.76. The number of thioether (sulfide) groups is 1. The minimum absolute atomic E-state index is 0.0757. The van der Waals surface area contributed by atoms with E-state index in [1.807, 2.05) is 43.3 Å². The number of carbonyl (C=O) groups is 2. The van der Waals surface area contributed by atoms with Gasteiger partial charge < -0.3 is 10.2 Å². The van der Waals surface area contributed by atoms with Gasteiger partial charge in [-0.05, 0) is 48.7 Å². The van der Waals surface area contributed by atoms with Crippen LogP contribution in [-0.2, 0) is 22.6 Å².